The van der Waals surface area contributed by atoms with Crippen molar-refractivity contribution in [2.45, 2.75) is 0 Å². The van der Waals surface area contributed by atoms with Crippen molar-refractivity contribution in [2.75, 3.05) is 0 Å². The minimum Gasteiger partial charge on any atom is -0.475 e. The zero-order valence-corrected chi connectivity index (χ0v) is 9.62. The number of ketones is 1. The van der Waals surface area contributed by atoms with Crippen LogP contribution in [0.2, 0.25) is 0 Å². The van der Waals surface area contributed by atoms with Crippen molar-refractivity contribution in [2.24, 2.45) is 0 Å². The molecule has 0 heterocycles. The van der Waals surface area contributed by atoms with E-state index in [1.165, 1.54) is 0 Å². The van der Waals surface area contributed by atoms with Crippen LogP contribution in [0.5, 0.6) is 0 Å². The predicted molar refractivity (Wildman–Crippen MR) is 31.8 cm³/mol. The Bertz CT molecular complexity index is 137. The third-order valence-corrected chi connectivity index (χ3v) is 0.388. The molecule has 0 spiro atoms. The van der Waals surface area contributed by atoms with Crippen LogP contribution in [-0.2, 0) is 14.4 Å². The third kappa shape index (κ3) is 6.73. The van der Waals surface area contributed by atoms with Crippen LogP contribution in [0.15, 0.2) is 0 Å². The van der Waals surface area contributed by atoms with Gasteiger partial charge in [0.1, 0.15) is 0 Å². The number of aliphatic carboxylic acids is 2. The molecule has 7 heteroatoms. The maximum absolute atomic E-state index is 9.64. The van der Waals surface area contributed by atoms with Gasteiger partial charge in [0.05, 0.1) is 0 Å². The molecule has 0 aromatic rings. The normalized spacial score (nSPS) is 6.40. The molecule has 0 aliphatic rings. The van der Waals surface area contributed by atoms with Gasteiger partial charge in [-0.3, -0.25) is 4.79 Å². The molecular formula is C3H2Na2O5. The summed E-state index contributed by atoms with van der Waals surface area (Å²) >= 11 is 0. The van der Waals surface area contributed by atoms with E-state index in [4.69, 9.17) is 10.2 Å². The molecule has 0 aliphatic carbocycles. The van der Waals surface area contributed by atoms with E-state index >= 15 is 0 Å². The van der Waals surface area contributed by atoms with Crippen molar-refractivity contribution >= 4 is 76.8 Å². The third-order valence-electron chi connectivity index (χ3n) is 0.388. The van der Waals surface area contributed by atoms with Crippen molar-refractivity contribution in [3.05, 3.63) is 0 Å². The van der Waals surface area contributed by atoms with Crippen LogP contribution in [0.25, 0.3) is 0 Å². The second-order valence-electron chi connectivity index (χ2n) is 0.939. The fraction of sp³-hybridized carbons (Fsp3) is 0. The van der Waals surface area contributed by atoms with Gasteiger partial charge in [-0.25, -0.2) is 9.59 Å². The van der Waals surface area contributed by atoms with Crippen LogP contribution in [0.1, 0.15) is 0 Å². The Morgan fingerprint density at radius 2 is 1.00 bits per heavy atom. The second kappa shape index (κ2) is 7.71. The first-order valence-electron chi connectivity index (χ1n) is 1.56. The fourth-order valence-corrected chi connectivity index (χ4v) is 0.0915. The van der Waals surface area contributed by atoms with Crippen LogP contribution < -0.4 is 0 Å². The molecule has 0 bridgehead atoms. The van der Waals surface area contributed by atoms with E-state index in [0.717, 1.165) is 0 Å². The van der Waals surface area contributed by atoms with E-state index in [0.29, 0.717) is 0 Å². The molecule has 0 saturated carbocycles. The molecule has 0 atom stereocenters. The van der Waals surface area contributed by atoms with Crippen molar-refractivity contribution in [3.8, 4) is 0 Å². The largest absolute Gasteiger partial charge is 0.475 e. The van der Waals surface area contributed by atoms with Gasteiger partial charge in [0.15, 0.2) is 0 Å². The van der Waals surface area contributed by atoms with Gasteiger partial charge in [0, 0.05) is 59.1 Å². The number of hydrogen-bond acceptors (Lipinski definition) is 3. The Morgan fingerprint density at radius 1 is 0.800 bits per heavy atom. The predicted octanol–water partition coefficient (Wildman–Crippen LogP) is -2.04. The van der Waals surface area contributed by atoms with Gasteiger partial charge in [-0.15, -0.1) is 0 Å². The molecule has 5 nitrogen and oxygen atoms in total. The molecule has 0 aromatic heterocycles. The minimum atomic E-state index is -1.95. The van der Waals surface area contributed by atoms with Crippen LogP contribution in [0, 0.1) is 0 Å². The summed E-state index contributed by atoms with van der Waals surface area (Å²) in [5, 5.41) is 15.2. The first-order chi connectivity index (χ1) is 3.55. The Hall–Kier alpha value is 0.610. The molecule has 0 amide bonds. The molecule has 0 aliphatic heterocycles. The van der Waals surface area contributed by atoms with Gasteiger partial charge >= 0.3 is 17.7 Å². The summed E-state index contributed by atoms with van der Waals surface area (Å²) in [6, 6.07) is 0. The fourth-order valence-electron chi connectivity index (χ4n) is 0.0915. The summed E-state index contributed by atoms with van der Waals surface area (Å²) in [6.45, 7) is 0. The molecule has 10 heavy (non-hydrogen) atoms. The number of carboxylic acid groups (broad SMARTS) is 2. The number of carboxylic acids is 2. The first kappa shape index (κ1) is 16.9. The van der Waals surface area contributed by atoms with Gasteiger partial charge in [-0.1, -0.05) is 0 Å². The van der Waals surface area contributed by atoms with E-state index < -0.39 is 17.7 Å². The average Bonchev–Trinajstić information content (AvgIpc) is 1.64. The molecule has 46 valence electrons. The van der Waals surface area contributed by atoms with E-state index in [1.54, 1.807) is 0 Å². The zero-order chi connectivity index (χ0) is 6.73. The quantitative estimate of drug-likeness (QED) is 0.279. The van der Waals surface area contributed by atoms with Gasteiger partial charge in [0.2, 0.25) is 0 Å². The van der Waals surface area contributed by atoms with E-state index in [-0.39, 0.29) is 59.1 Å². The average molecular weight is 164 g/mol. The molecule has 0 unspecified atom stereocenters. The van der Waals surface area contributed by atoms with E-state index in [9.17, 15) is 14.4 Å². The summed E-state index contributed by atoms with van der Waals surface area (Å²) in [6.07, 6.45) is 0. The maximum Gasteiger partial charge on any atom is 0.384 e. The van der Waals surface area contributed by atoms with Crippen molar-refractivity contribution in [1.29, 1.82) is 0 Å². The smallest absolute Gasteiger partial charge is 0.384 e. The number of carbonyl (C=O) groups excluding carboxylic acids is 1. The number of rotatable bonds is 2. The van der Waals surface area contributed by atoms with Crippen molar-refractivity contribution in [1.82, 2.24) is 0 Å². The minimum absolute atomic E-state index is 0. The van der Waals surface area contributed by atoms with Crippen molar-refractivity contribution < 1.29 is 24.6 Å². The Morgan fingerprint density at radius 3 is 1.00 bits per heavy atom. The zero-order valence-electron chi connectivity index (χ0n) is 5.62. The van der Waals surface area contributed by atoms with Crippen LogP contribution in [-0.4, -0.2) is 87.0 Å². The number of hydrogen-bond donors (Lipinski definition) is 2. The molecule has 0 rings (SSSR count). The summed E-state index contributed by atoms with van der Waals surface area (Å²) in [5.74, 6) is -5.71. The number of carbonyl (C=O) groups is 3. The molecule has 2 radical (unpaired) electrons. The molecule has 2 N–H and O–H groups in total. The number of Topliss-reactive ketones (excluding diaryl/α,β-unsaturated/α-hetero) is 1. The van der Waals surface area contributed by atoms with Gasteiger partial charge < -0.3 is 10.2 Å². The molecule has 0 aromatic carbocycles. The maximum atomic E-state index is 9.64. The Balaban J connectivity index is -0.000000245. The van der Waals surface area contributed by atoms with Gasteiger partial charge in [0.25, 0.3) is 0 Å². The topological polar surface area (TPSA) is 91.7 Å². The summed E-state index contributed by atoms with van der Waals surface area (Å²) in [7, 11) is 0. The van der Waals surface area contributed by atoms with Gasteiger partial charge in [-0.2, -0.15) is 0 Å². The van der Waals surface area contributed by atoms with E-state index in [1.807, 2.05) is 0 Å². The first-order valence-corrected chi connectivity index (χ1v) is 1.56. The SMILES string of the molecule is O=C(O)C(=O)C(=O)O.[Na].[Na]. The van der Waals surface area contributed by atoms with Crippen molar-refractivity contribution in [3.63, 3.8) is 0 Å². The van der Waals surface area contributed by atoms with Crippen LogP contribution in [0.3, 0.4) is 0 Å². The summed E-state index contributed by atoms with van der Waals surface area (Å²) in [5.41, 5.74) is 0. The second-order valence-corrected chi connectivity index (χ2v) is 0.939. The summed E-state index contributed by atoms with van der Waals surface area (Å²) < 4.78 is 0. The monoisotopic (exact) mass is 164 g/mol. The molecule has 0 saturated heterocycles. The van der Waals surface area contributed by atoms with Gasteiger partial charge in [-0.05, 0) is 0 Å². The molecular weight excluding hydrogens is 162 g/mol. The summed E-state index contributed by atoms with van der Waals surface area (Å²) in [4.78, 5) is 28.5. The molecule has 0 fully saturated rings. The Kier molecular flexibility index (Phi) is 13.1. The van der Waals surface area contributed by atoms with Crippen LogP contribution in [0.4, 0.5) is 0 Å². The van der Waals surface area contributed by atoms with E-state index in [2.05, 4.69) is 0 Å². The van der Waals surface area contributed by atoms with Crippen LogP contribution >= 0.6 is 0 Å². The standard InChI is InChI=1S/C3H2O5.2Na/c4-1(2(5)6)3(7)8;;/h(H,5,6)(H,7,8);;. The Labute approximate surface area is 100 Å².